The maximum Gasteiger partial charge on any atom is 0.357 e. The van der Waals surface area contributed by atoms with Gasteiger partial charge in [0.2, 0.25) is 0 Å². The number of carbonyl (C=O) groups excluding carboxylic acids is 1. The smallest absolute Gasteiger partial charge is 0.357 e. The maximum atomic E-state index is 11.4. The summed E-state index contributed by atoms with van der Waals surface area (Å²) in [5, 5.41) is 5.73. The van der Waals surface area contributed by atoms with Gasteiger partial charge in [0.1, 0.15) is 0 Å². The Balaban J connectivity index is 2.43. The number of aromatic nitrogens is 1. The summed E-state index contributed by atoms with van der Waals surface area (Å²) in [5.41, 5.74) is 0.386. The van der Waals surface area contributed by atoms with E-state index in [1.807, 2.05) is 11.8 Å². The van der Waals surface area contributed by atoms with Crippen LogP contribution in [-0.4, -0.2) is 36.1 Å². The molecule has 1 rings (SSSR count). The molecule has 0 aliphatic rings. The fourth-order valence-electron chi connectivity index (χ4n) is 1.26. The molecule has 1 aromatic heterocycles. The lowest BCUT2D eigenvalue weighted by atomic mass is 10.2. The zero-order chi connectivity index (χ0) is 12.7. The van der Waals surface area contributed by atoms with Crippen molar-refractivity contribution in [3.05, 3.63) is 11.1 Å². The van der Waals surface area contributed by atoms with Crippen LogP contribution in [0, 0.1) is 5.92 Å². The predicted octanol–water partition coefficient (Wildman–Crippen LogP) is 2.73. The van der Waals surface area contributed by atoms with Gasteiger partial charge in [0, 0.05) is 11.9 Å². The number of carbonyl (C=O) groups is 1. The summed E-state index contributed by atoms with van der Waals surface area (Å²) in [4.78, 5) is 15.6. The molecule has 0 radical (unpaired) electrons. The third-order valence-corrected chi connectivity index (χ3v) is 3.74. The molecule has 96 valence electrons. The van der Waals surface area contributed by atoms with E-state index >= 15 is 0 Å². The van der Waals surface area contributed by atoms with Crippen LogP contribution in [0.15, 0.2) is 5.38 Å². The first kappa shape index (κ1) is 14.3. The number of ether oxygens (including phenoxy) is 1. The van der Waals surface area contributed by atoms with Crippen LogP contribution in [-0.2, 0) is 4.74 Å². The average Bonchev–Trinajstić information content (AvgIpc) is 2.76. The maximum absolute atomic E-state index is 11.4. The SMILES string of the molecule is CCOC(=O)c1csc(NCC(C)CSC)n1. The van der Waals surface area contributed by atoms with Crippen molar-refractivity contribution in [3.8, 4) is 0 Å². The van der Waals surface area contributed by atoms with Crippen molar-refractivity contribution in [2.24, 2.45) is 5.92 Å². The summed E-state index contributed by atoms with van der Waals surface area (Å²) < 4.78 is 4.88. The van der Waals surface area contributed by atoms with Crippen molar-refractivity contribution >= 4 is 34.2 Å². The Hall–Kier alpha value is -0.750. The van der Waals surface area contributed by atoms with E-state index in [0.717, 1.165) is 17.4 Å². The summed E-state index contributed by atoms with van der Waals surface area (Å²) in [6, 6.07) is 0. The van der Waals surface area contributed by atoms with E-state index in [-0.39, 0.29) is 5.97 Å². The zero-order valence-corrected chi connectivity index (χ0v) is 12.0. The molecular formula is C11H18N2O2S2. The Morgan fingerprint density at radius 3 is 3.12 bits per heavy atom. The third kappa shape index (κ3) is 4.95. The van der Waals surface area contributed by atoms with Gasteiger partial charge < -0.3 is 10.1 Å². The van der Waals surface area contributed by atoms with Crippen LogP contribution in [0.25, 0.3) is 0 Å². The van der Waals surface area contributed by atoms with Gasteiger partial charge in [0.05, 0.1) is 6.61 Å². The molecular weight excluding hydrogens is 256 g/mol. The predicted molar refractivity (Wildman–Crippen MR) is 74.1 cm³/mol. The first-order chi connectivity index (χ1) is 8.17. The van der Waals surface area contributed by atoms with Gasteiger partial charge in [-0.3, -0.25) is 0 Å². The second kappa shape index (κ2) is 7.55. The van der Waals surface area contributed by atoms with Crippen molar-refractivity contribution in [1.82, 2.24) is 4.98 Å². The van der Waals surface area contributed by atoms with E-state index in [4.69, 9.17) is 4.74 Å². The first-order valence-corrected chi connectivity index (χ1v) is 7.80. The van der Waals surface area contributed by atoms with Gasteiger partial charge in [-0.25, -0.2) is 9.78 Å². The van der Waals surface area contributed by atoms with Gasteiger partial charge in [-0.15, -0.1) is 11.3 Å². The van der Waals surface area contributed by atoms with Crippen molar-refractivity contribution in [1.29, 1.82) is 0 Å². The van der Waals surface area contributed by atoms with Crippen molar-refractivity contribution < 1.29 is 9.53 Å². The number of nitrogens with zero attached hydrogens (tertiary/aromatic N) is 1. The fourth-order valence-corrected chi connectivity index (χ4v) is 2.64. The van der Waals surface area contributed by atoms with Crippen LogP contribution in [0.4, 0.5) is 5.13 Å². The van der Waals surface area contributed by atoms with Crippen LogP contribution >= 0.6 is 23.1 Å². The highest BCUT2D eigenvalue weighted by atomic mass is 32.2. The van der Waals surface area contributed by atoms with E-state index in [1.54, 1.807) is 12.3 Å². The lowest BCUT2D eigenvalue weighted by Gasteiger charge is -2.09. The average molecular weight is 274 g/mol. The number of hydrogen-bond donors (Lipinski definition) is 1. The molecule has 1 N–H and O–H groups in total. The Labute approximate surface area is 110 Å². The lowest BCUT2D eigenvalue weighted by Crippen LogP contribution is -2.13. The molecule has 0 amide bonds. The minimum Gasteiger partial charge on any atom is -0.461 e. The summed E-state index contributed by atoms with van der Waals surface area (Å²) >= 11 is 3.26. The summed E-state index contributed by atoms with van der Waals surface area (Å²) in [6.45, 7) is 5.22. The van der Waals surface area contributed by atoms with Gasteiger partial charge in [-0.1, -0.05) is 6.92 Å². The summed E-state index contributed by atoms with van der Waals surface area (Å²) in [7, 11) is 0. The Morgan fingerprint density at radius 1 is 1.71 bits per heavy atom. The van der Waals surface area contributed by atoms with Gasteiger partial charge in [0.15, 0.2) is 10.8 Å². The highest BCUT2D eigenvalue weighted by Gasteiger charge is 2.11. The van der Waals surface area contributed by atoms with Crippen LogP contribution in [0.5, 0.6) is 0 Å². The molecule has 1 heterocycles. The molecule has 0 saturated carbocycles. The van der Waals surface area contributed by atoms with Gasteiger partial charge in [0.25, 0.3) is 0 Å². The van der Waals surface area contributed by atoms with Gasteiger partial charge >= 0.3 is 5.97 Å². The summed E-state index contributed by atoms with van der Waals surface area (Å²) in [5.74, 6) is 1.34. The number of esters is 1. The quantitative estimate of drug-likeness (QED) is 0.775. The zero-order valence-electron chi connectivity index (χ0n) is 10.4. The standard InChI is InChI=1S/C11H18N2O2S2/c1-4-15-10(14)9-7-17-11(13-9)12-5-8(2)6-16-3/h7-8H,4-6H2,1-3H3,(H,12,13). The second-order valence-corrected chi connectivity index (χ2v) is 5.47. The number of rotatable bonds is 7. The monoisotopic (exact) mass is 274 g/mol. The number of nitrogens with one attached hydrogen (secondary N) is 1. The number of thioether (sulfide) groups is 1. The highest BCUT2D eigenvalue weighted by Crippen LogP contribution is 2.17. The Bertz CT molecular complexity index is 355. The van der Waals surface area contributed by atoms with Crippen LogP contribution in [0.1, 0.15) is 24.3 Å². The molecule has 0 aliphatic heterocycles. The summed E-state index contributed by atoms with van der Waals surface area (Å²) in [6.07, 6.45) is 2.10. The minimum atomic E-state index is -0.353. The van der Waals surface area contributed by atoms with E-state index in [0.29, 0.717) is 18.2 Å². The molecule has 1 aromatic rings. The van der Waals surface area contributed by atoms with Crippen LogP contribution < -0.4 is 5.32 Å². The second-order valence-electron chi connectivity index (χ2n) is 3.70. The molecule has 1 unspecified atom stereocenters. The van der Waals surface area contributed by atoms with Gasteiger partial charge in [-0.05, 0) is 24.9 Å². The molecule has 0 bridgehead atoms. The molecule has 17 heavy (non-hydrogen) atoms. The normalized spacial score (nSPS) is 12.2. The molecule has 0 spiro atoms. The Morgan fingerprint density at radius 2 is 2.47 bits per heavy atom. The van der Waals surface area contributed by atoms with Crippen LogP contribution in [0.3, 0.4) is 0 Å². The number of hydrogen-bond acceptors (Lipinski definition) is 6. The highest BCUT2D eigenvalue weighted by molar-refractivity contribution is 7.98. The van der Waals surface area contributed by atoms with E-state index in [2.05, 4.69) is 23.5 Å². The molecule has 4 nitrogen and oxygen atoms in total. The minimum absolute atomic E-state index is 0.353. The largest absolute Gasteiger partial charge is 0.461 e. The number of anilines is 1. The Kier molecular flexibility index (Phi) is 6.36. The van der Waals surface area contributed by atoms with Crippen LogP contribution in [0.2, 0.25) is 0 Å². The molecule has 6 heteroatoms. The van der Waals surface area contributed by atoms with E-state index in [1.165, 1.54) is 11.3 Å². The number of thiazole rings is 1. The topological polar surface area (TPSA) is 51.2 Å². The fraction of sp³-hybridized carbons (Fsp3) is 0.636. The molecule has 0 saturated heterocycles. The molecule has 0 fully saturated rings. The van der Waals surface area contributed by atoms with E-state index < -0.39 is 0 Å². The molecule has 0 aromatic carbocycles. The first-order valence-electron chi connectivity index (χ1n) is 5.52. The van der Waals surface area contributed by atoms with Crippen molar-refractivity contribution in [2.45, 2.75) is 13.8 Å². The lowest BCUT2D eigenvalue weighted by molar-refractivity contribution is 0.0520. The van der Waals surface area contributed by atoms with Crippen molar-refractivity contribution in [3.63, 3.8) is 0 Å². The van der Waals surface area contributed by atoms with Crippen molar-refractivity contribution in [2.75, 3.05) is 30.5 Å². The molecule has 0 aliphatic carbocycles. The third-order valence-electron chi connectivity index (χ3n) is 2.04. The van der Waals surface area contributed by atoms with Gasteiger partial charge in [-0.2, -0.15) is 11.8 Å². The van der Waals surface area contributed by atoms with E-state index in [9.17, 15) is 4.79 Å². The molecule has 1 atom stereocenters.